The van der Waals surface area contributed by atoms with Gasteiger partial charge in [0.2, 0.25) is 5.91 Å². The second-order valence-corrected chi connectivity index (χ2v) is 6.83. The van der Waals surface area contributed by atoms with Crippen molar-refractivity contribution < 1.29 is 4.79 Å². The van der Waals surface area contributed by atoms with Gasteiger partial charge in [0.1, 0.15) is 31.3 Å². The number of carbonyl (C=O) groups is 1. The predicted octanol–water partition coefficient (Wildman–Crippen LogP) is -0.420. The van der Waals surface area contributed by atoms with Crippen LogP contribution in [-0.4, -0.2) is 71.3 Å². The maximum absolute atomic E-state index is 12.6. The Balaban J connectivity index is 1.40. The minimum absolute atomic E-state index is 0.00307. The highest BCUT2D eigenvalue weighted by Crippen LogP contribution is 2.15. The molecule has 0 radical (unpaired) electrons. The smallest absolute Gasteiger partial charge is 0.256 e. The second-order valence-electron chi connectivity index (χ2n) is 6.83. The Kier molecular flexibility index (Phi) is 5.02. The van der Waals surface area contributed by atoms with Crippen LogP contribution >= 0.6 is 0 Å². The molecule has 4 heterocycles. The minimum Gasteiger partial charge on any atom is -0.353 e. The van der Waals surface area contributed by atoms with Gasteiger partial charge in [0, 0.05) is 43.5 Å². The van der Waals surface area contributed by atoms with Crippen LogP contribution in [0.5, 0.6) is 0 Å². The van der Waals surface area contributed by atoms with E-state index >= 15 is 0 Å². The topological polar surface area (TPSA) is 115 Å². The maximum Gasteiger partial charge on any atom is 0.256 e. The molecule has 0 atom stereocenters. The first-order chi connectivity index (χ1) is 14.0. The third-order valence-electron chi connectivity index (χ3n) is 5.07. The first-order valence-corrected chi connectivity index (χ1v) is 9.25. The normalized spacial score (nSPS) is 14.3. The number of piperazine rings is 1. The fourth-order valence-corrected chi connectivity index (χ4v) is 3.18. The van der Waals surface area contributed by atoms with Crippen molar-refractivity contribution >= 4 is 11.7 Å². The van der Waals surface area contributed by atoms with Gasteiger partial charge in [-0.1, -0.05) is 0 Å². The van der Waals surface area contributed by atoms with Gasteiger partial charge in [0.15, 0.2) is 5.82 Å². The van der Waals surface area contributed by atoms with Crippen LogP contribution in [0.1, 0.15) is 11.3 Å². The molecule has 0 N–H and O–H groups in total. The van der Waals surface area contributed by atoms with Gasteiger partial charge < -0.3 is 9.80 Å². The first-order valence-electron chi connectivity index (χ1n) is 9.25. The Morgan fingerprint density at radius 1 is 1.00 bits per heavy atom. The molecule has 1 fully saturated rings. The summed E-state index contributed by atoms with van der Waals surface area (Å²) >= 11 is 0. The molecule has 0 unspecified atom stereocenters. The van der Waals surface area contributed by atoms with E-state index in [0.29, 0.717) is 43.3 Å². The molecule has 11 nitrogen and oxygen atoms in total. The number of nitrogens with zero attached hydrogens (tertiary/aromatic N) is 9. The van der Waals surface area contributed by atoms with Crippen molar-refractivity contribution in [2.24, 2.45) is 0 Å². The van der Waals surface area contributed by atoms with Crippen LogP contribution in [-0.2, 0) is 11.3 Å². The van der Waals surface area contributed by atoms with Crippen molar-refractivity contribution in [2.45, 2.75) is 20.4 Å². The lowest BCUT2D eigenvalue weighted by molar-refractivity contribution is -0.132. The fraction of sp³-hybridized carbons (Fsp3) is 0.389. The highest BCUT2D eigenvalue weighted by Gasteiger charge is 2.23. The van der Waals surface area contributed by atoms with Gasteiger partial charge in [-0.2, -0.15) is 5.10 Å². The Labute approximate surface area is 166 Å². The Morgan fingerprint density at radius 3 is 2.48 bits per heavy atom. The molecule has 1 aliphatic heterocycles. The number of carbonyl (C=O) groups excluding carboxylic acids is 1. The van der Waals surface area contributed by atoms with Crippen molar-refractivity contribution in [1.29, 1.82) is 0 Å². The van der Waals surface area contributed by atoms with E-state index < -0.39 is 0 Å². The third kappa shape index (κ3) is 3.84. The minimum atomic E-state index is -0.175. The molecular weight excluding hydrogens is 374 g/mol. The summed E-state index contributed by atoms with van der Waals surface area (Å²) < 4.78 is 2.94. The SMILES string of the molecule is Cc1ncn(CC(=O)N2CCN(c3cc(-n4cncn4)ncn3)CC2)c(=O)c1C. The summed E-state index contributed by atoms with van der Waals surface area (Å²) in [5.41, 5.74) is 1.07. The number of hydrogen-bond donors (Lipinski definition) is 0. The van der Waals surface area contributed by atoms with E-state index in [2.05, 4.69) is 29.9 Å². The zero-order valence-corrected chi connectivity index (χ0v) is 16.3. The molecule has 0 spiro atoms. The molecule has 11 heteroatoms. The van der Waals surface area contributed by atoms with Crippen molar-refractivity contribution in [3.63, 3.8) is 0 Å². The Bertz CT molecular complexity index is 1070. The van der Waals surface area contributed by atoms with Crippen LogP contribution in [0.15, 0.2) is 36.2 Å². The molecule has 4 rings (SSSR count). The van der Waals surface area contributed by atoms with Crippen molar-refractivity contribution in [2.75, 3.05) is 31.1 Å². The van der Waals surface area contributed by atoms with Crippen LogP contribution < -0.4 is 10.5 Å². The van der Waals surface area contributed by atoms with Crippen LogP contribution in [0.2, 0.25) is 0 Å². The van der Waals surface area contributed by atoms with Crippen LogP contribution in [0.3, 0.4) is 0 Å². The number of aromatic nitrogens is 7. The zero-order valence-electron chi connectivity index (χ0n) is 16.3. The average molecular weight is 395 g/mol. The number of anilines is 1. The summed E-state index contributed by atoms with van der Waals surface area (Å²) in [7, 11) is 0. The maximum atomic E-state index is 12.6. The largest absolute Gasteiger partial charge is 0.353 e. The number of rotatable bonds is 4. The van der Waals surface area contributed by atoms with Gasteiger partial charge in [-0.25, -0.2) is 24.6 Å². The van der Waals surface area contributed by atoms with Gasteiger partial charge in [-0.15, -0.1) is 0 Å². The van der Waals surface area contributed by atoms with Gasteiger partial charge in [-0.05, 0) is 13.8 Å². The molecule has 150 valence electrons. The van der Waals surface area contributed by atoms with E-state index in [1.807, 2.05) is 6.07 Å². The lowest BCUT2D eigenvalue weighted by atomic mass is 10.2. The lowest BCUT2D eigenvalue weighted by Crippen LogP contribution is -2.50. The van der Waals surface area contributed by atoms with Crippen molar-refractivity contribution in [1.82, 2.24) is 39.2 Å². The summed E-state index contributed by atoms with van der Waals surface area (Å²) in [5, 5.41) is 4.08. The zero-order chi connectivity index (χ0) is 20.4. The monoisotopic (exact) mass is 395 g/mol. The highest BCUT2D eigenvalue weighted by atomic mass is 16.2. The Morgan fingerprint density at radius 2 is 1.76 bits per heavy atom. The molecule has 1 amide bonds. The molecule has 0 aliphatic carbocycles. The molecular formula is C18H21N9O2. The average Bonchev–Trinajstić information content (AvgIpc) is 3.29. The van der Waals surface area contributed by atoms with Gasteiger partial charge in [-0.3, -0.25) is 14.2 Å². The number of aryl methyl sites for hydroxylation is 1. The van der Waals surface area contributed by atoms with Crippen LogP contribution in [0.4, 0.5) is 5.82 Å². The van der Waals surface area contributed by atoms with Gasteiger partial charge in [0.05, 0.1) is 6.33 Å². The number of hydrogen-bond acceptors (Lipinski definition) is 8. The summed E-state index contributed by atoms with van der Waals surface area (Å²) in [6.07, 6.45) is 5.95. The molecule has 0 saturated carbocycles. The van der Waals surface area contributed by atoms with Gasteiger partial charge >= 0.3 is 0 Å². The third-order valence-corrected chi connectivity index (χ3v) is 5.07. The quantitative estimate of drug-likeness (QED) is 0.585. The molecule has 3 aromatic heterocycles. The predicted molar refractivity (Wildman–Crippen MR) is 104 cm³/mol. The van der Waals surface area contributed by atoms with E-state index in [4.69, 9.17) is 0 Å². The van der Waals surface area contributed by atoms with Crippen LogP contribution in [0.25, 0.3) is 5.82 Å². The van der Waals surface area contributed by atoms with E-state index in [1.54, 1.807) is 29.8 Å². The molecule has 3 aromatic rings. The van der Waals surface area contributed by atoms with E-state index in [0.717, 1.165) is 5.82 Å². The standard InChI is InChI=1S/C18H21N9O2/c1-13-14(2)22-12-26(18(13)29)8-17(28)25-5-3-24(4-6-25)15-7-16(21-10-20-15)27-11-19-9-23-27/h7,9-12H,3-6,8H2,1-2H3. The Hall–Kier alpha value is -3.63. The molecule has 29 heavy (non-hydrogen) atoms. The van der Waals surface area contributed by atoms with E-state index in [9.17, 15) is 9.59 Å². The number of amides is 1. The van der Waals surface area contributed by atoms with Crippen molar-refractivity contribution in [3.8, 4) is 5.82 Å². The lowest BCUT2D eigenvalue weighted by Gasteiger charge is -2.35. The second kappa shape index (κ2) is 7.78. The molecule has 0 bridgehead atoms. The molecule has 1 saturated heterocycles. The summed E-state index contributed by atoms with van der Waals surface area (Å²) in [6.45, 7) is 5.88. The van der Waals surface area contributed by atoms with Gasteiger partial charge in [0.25, 0.3) is 5.56 Å². The summed E-state index contributed by atoms with van der Waals surface area (Å²) in [4.78, 5) is 45.4. The van der Waals surface area contributed by atoms with E-state index in [1.165, 1.54) is 23.5 Å². The fourth-order valence-electron chi connectivity index (χ4n) is 3.18. The summed E-state index contributed by atoms with van der Waals surface area (Å²) in [5.74, 6) is 1.31. The molecule has 1 aliphatic rings. The first kappa shape index (κ1) is 18.7. The van der Waals surface area contributed by atoms with Crippen LogP contribution in [0, 0.1) is 13.8 Å². The molecule has 0 aromatic carbocycles. The summed E-state index contributed by atoms with van der Waals surface area (Å²) in [6, 6.07) is 1.84. The van der Waals surface area contributed by atoms with E-state index in [-0.39, 0.29) is 18.0 Å². The van der Waals surface area contributed by atoms with Crippen molar-refractivity contribution in [3.05, 3.63) is 53.0 Å². The highest BCUT2D eigenvalue weighted by molar-refractivity contribution is 5.76.